The van der Waals surface area contributed by atoms with Gasteiger partial charge in [-0.25, -0.2) is 0 Å². The van der Waals surface area contributed by atoms with Gasteiger partial charge in [-0.2, -0.15) is 0 Å². The molecule has 24 heavy (non-hydrogen) atoms. The zero-order valence-electron chi connectivity index (χ0n) is 14.0. The summed E-state index contributed by atoms with van der Waals surface area (Å²) in [6.07, 6.45) is 10.1. The molecule has 2 aromatic rings. The summed E-state index contributed by atoms with van der Waals surface area (Å²) in [6.45, 7) is 0.760. The molecule has 1 heterocycles. The van der Waals surface area contributed by atoms with Crippen LogP contribution in [-0.4, -0.2) is 10.6 Å². The maximum absolute atomic E-state index is 10.4. The molecule has 4 saturated carbocycles. The highest BCUT2D eigenvalue weighted by molar-refractivity contribution is 5.60. The Balaban J connectivity index is 1.32. The maximum Gasteiger partial charge on any atom is 0.133 e. The van der Waals surface area contributed by atoms with Gasteiger partial charge in [0.25, 0.3) is 0 Å². The predicted octanol–water partition coefficient (Wildman–Crippen LogP) is 4.71. The molecule has 3 heteroatoms. The number of furan rings is 1. The molecule has 0 aliphatic heterocycles. The average Bonchev–Trinajstić information content (AvgIpc) is 3.07. The minimum absolute atomic E-state index is 0.334. The Morgan fingerprint density at radius 3 is 2.33 bits per heavy atom. The van der Waals surface area contributed by atoms with Crippen LogP contribution in [-0.2, 0) is 6.54 Å². The van der Waals surface area contributed by atoms with Crippen molar-refractivity contribution in [3.8, 4) is 17.1 Å². The van der Waals surface area contributed by atoms with Gasteiger partial charge in [-0.3, -0.25) is 0 Å². The second kappa shape index (κ2) is 5.38. The number of phenols is 1. The van der Waals surface area contributed by atoms with E-state index in [0.29, 0.717) is 11.3 Å². The summed E-state index contributed by atoms with van der Waals surface area (Å²) < 4.78 is 5.41. The molecular formula is C21H25NO2. The fraction of sp³-hybridized carbons (Fsp3) is 0.524. The van der Waals surface area contributed by atoms with Crippen LogP contribution >= 0.6 is 0 Å². The lowest BCUT2D eigenvalue weighted by molar-refractivity contribution is -0.0206. The van der Waals surface area contributed by atoms with E-state index in [1.165, 1.54) is 38.5 Å². The Bertz CT molecular complexity index is 699. The van der Waals surface area contributed by atoms with Crippen molar-refractivity contribution >= 4 is 0 Å². The highest BCUT2D eigenvalue weighted by atomic mass is 16.3. The van der Waals surface area contributed by atoms with Crippen LogP contribution in [0, 0.1) is 17.8 Å². The van der Waals surface area contributed by atoms with Crippen LogP contribution in [0.15, 0.2) is 41.0 Å². The number of hydrogen-bond acceptors (Lipinski definition) is 3. The smallest absolute Gasteiger partial charge is 0.133 e. The van der Waals surface area contributed by atoms with Crippen LogP contribution in [0.5, 0.6) is 5.75 Å². The number of phenolic OH excluding ortho intramolecular Hbond substituents is 1. The van der Waals surface area contributed by atoms with Crippen LogP contribution in [0.4, 0.5) is 0 Å². The maximum atomic E-state index is 10.4. The molecule has 3 nitrogen and oxygen atoms in total. The molecule has 6 rings (SSSR count). The van der Waals surface area contributed by atoms with Crippen LogP contribution in [0.25, 0.3) is 11.3 Å². The number of aromatic hydroxyl groups is 1. The van der Waals surface area contributed by atoms with Gasteiger partial charge in [0, 0.05) is 23.2 Å². The van der Waals surface area contributed by atoms with Gasteiger partial charge in [-0.15, -0.1) is 0 Å². The zero-order valence-corrected chi connectivity index (χ0v) is 14.0. The van der Waals surface area contributed by atoms with Gasteiger partial charge in [0.1, 0.15) is 11.5 Å². The lowest BCUT2D eigenvalue weighted by Gasteiger charge is -2.57. The van der Waals surface area contributed by atoms with Crippen molar-refractivity contribution in [1.29, 1.82) is 0 Å². The minimum Gasteiger partial charge on any atom is -0.508 e. The molecule has 0 amide bonds. The van der Waals surface area contributed by atoms with Crippen molar-refractivity contribution in [2.24, 2.45) is 17.8 Å². The summed E-state index contributed by atoms with van der Waals surface area (Å²) in [5.74, 6) is 3.99. The van der Waals surface area contributed by atoms with Crippen LogP contribution in [0.1, 0.15) is 44.1 Å². The van der Waals surface area contributed by atoms with Crippen molar-refractivity contribution in [2.75, 3.05) is 0 Å². The molecular weight excluding hydrogens is 298 g/mol. The van der Waals surface area contributed by atoms with Crippen molar-refractivity contribution < 1.29 is 9.52 Å². The summed E-state index contributed by atoms with van der Waals surface area (Å²) in [4.78, 5) is 0. The van der Waals surface area contributed by atoms with Crippen LogP contribution in [0.2, 0.25) is 0 Å². The standard InChI is InChI=1S/C21H25NO2/c23-19-9-17(20-2-1-5-24-20)3-4-18(19)13-22-21-10-14-6-15(11-21)8-16(7-14)12-21/h1-5,9,14-16,22-23H,6-8,10-13H2. The summed E-state index contributed by atoms with van der Waals surface area (Å²) in [5.41, 5.74) is 2.25. The summed E-state index contributed by atoms with van der Waals surface area (Å²) in [5, 5.41) is 14.3. The number of hydrogen-bond donors (Lipinski definition) is 2. The third kappa shape index (κ3) is 2.46. The van der Waals surface area contributed by atoms with Gasteiger partial charge >= 0.3 is 0 Å². The zero-order chi connectivity index (χ0) is 16.1. The molecule has 4 aliphatic rings. The van der Waals surface area contributed by atoms with Gasteiger partial charge in [-0.1, -0.05) is 12.1 Å². The van der Waals surface area contributed by atoms with E-state index in [4.69, 9.17) is 4.42 Å². The molecule has 2 N–H and O–H groups in total. The van der Waals surface area contributed by atoms with E-state index >= 15 is 0 Å². The first-order valence-corrected chi connectivity index (χ1v) is 9.30. The fourth-order valence-corrected chi connectivity index (χ4v) is 5.92. The average molecular weight is 323 g/mol. The second-order valence-corrected chi connectivity index (χ2v) is 8.37. The normalized spacial score (nSPS) is 33.9. The number of nitrogens with one attached hydrogen (secondary N) is 1. The van der Waals surface area contributed by atoms with Crippen LogP contribution < -0.4 is 5.32 Å². The Morgan fingerprint density at radius 1 is 1.04 bits per heavy atom. The highest BCUT2D eigenvalue weighted by Crippen LogP contribution is 2.55. The van der Waals surface area contributed by atoms with Gasteiger partial charge < -0.3 is 14.8 Å². The molecule has 4 fully saturated rings. The quantitative estimate of drug-likeness (QED) is 0.856. The summed E-state index contributed by atoms with van der Waals surface area (Å²) in [6, 6.07) is 9.67. The first kappa shape index (κ1) is 14.6. The molecule has 1 aromatic heterocycles. The number of benzene rings is 1. The SMILES string of the molecule is Oc1cc(-c2ccco2)ccc1CNC12CC3CC(CC(C3)C1)C2. The second-order valence-electron chi connectivity index (χ2n) is 8.37. The van der Waals surface area contributed by atoms with E-state index in [9.17, 15) is 5.11 Å². The molecule has 0 spiro atoms. The molecule has 0 atom stereocenters. The molecule has 4 bridgehead atoms. The third-order valence-corrected chi connectivity index (χ3v) is 6.58. The first-order valence-electron chi connectivity index (χ1n) is 9.30. The molecule has 0 saturated heterocycles. The van der Waals surface area contributed by atoms with Crippen molar-refractivity contribution in [2.45, 2.75) is 50.6 Å². The highest BCUT2D eigenvalue weighted by Gasteiger charge is 2.50. The van der Waals surface area contributed by atoms with Crippen molar-refractivity contribution in [3.05, 3.63) is 42.2 Å². The van der Waals surface area contributed by atoms with E-state index < -0.39 is 0 Å². The van der Waals surface area contributed by atoms with Gasteiger partial charge in [0.05, 0.1) is 6.26 Å². The fourth-order valence-electron chi connectivity index (χ4n) is 5.92. The lowest BCUT2D eigenvalue weighted by atomic mass is 9.53. The van der Waals surface area contributed by atoms with Gasteiger partial charge in [-0.05, 0) is 74.5 Å². The Hall–Kier alpha value is -1.74. The topological polar surface area (TPSA) is 45.4 Å². The molecule has 126 valence electrons. The largest absolute Gasteiger partial charge is 0.508 e. The van der Waals surface area contributed by atoms with E-state index in [1.54, 1.807) is 6.26 Å². The molecule has 4 aliphatic carbocycles. The van der Waals surface area contributed by atoms with Gasteiger partial charge in [0.15, 0.2) is 0 Å². The monoisotopic (exact) mass is 323 g/mol. The van der Waals surface area contributed by atoms with Gasteiger partial charge in [0.2, 0.25) is 0 Å². The summed E-state index contributed by atoms with van der Waals surface area (Å²) in [7, 11) is 0. The third-order valence-electron chi connectivity index (χ3n) is 6.58. The predicted molar refractivity (Wildman–Crippen MR) is 93.6 cm³/mol. The molecule has 0 radical (unpaired) electrons. The van der Waals surface area contributed by atoms with Crippen LogP contribution in [0.3, 0.4) is 0 Å². The Morgan fingerprint density at radius 2 is 1.75 bits per heavy atom. The lowest BCUT2D eigenvalue weighted by Crippen LogP contribution is -2.58. The Kier molecular flexibility index (Phi) is 3.27. The summed E-state index contributed by atoms with van der Waals surface area (Å²) >= 11 is 0. The van der Waals surface area contributed by atoms with E-state index in [1.807, 2.05) is 30.3 Å². The van der Waals surface area contributed by atoms with Crippen molar-refractivity contribution in [3.63, 3.8) is 0 Å². The van der Waals surface area contributed by atoms with E-state index in [2.05, 4.69) is 5.32 Å². The van der Waals surface area contributed by atoms with E-state index in [0.717, 1.165) is 41.2 Å². The van der Waals surface area contributed by atoms with Crippen molar-refractivity contribution in [1.82, 2.24) is 5.32 Å². The Labute approximate surface area is 143 Å². The molecule has 1 aromatic carbocycles. The molecule has 0 unspecified atom stereocenters. The van der Waals surface area contributed by atoms with E-state index in [-0.39, 0.29) is 0 Å². The number of rotatable bonds is 4. The first-order chi connectivity index (χ1) is 11.7. The minimum atomic E-state index is 0.334.